The van der Waals surface area contributed by atoms with E-state index in [0.717, 1.165) is 24.5 Å². The molecule has 0 aliphatic carbocycles. The minimum Gasteiger partial charge on any atom is -0.427 e. The average Bonchev–Trinajstić information content (AvgIpc) is 3.12. The zero-order valence-corrected chi connectivity index (χ0v) is 15.4. The van der Waals surface area contributed by atoms with Gasteiger partial charge in [0.1, 0.15) is 0 Å². The number of aromatic nitrogens is 1. The van der Waals surface area contributed by atoms with Gasteiger partial charge in [0, 0.05) is 30.0 Å². The number of piperidine rings is 3. The molecule has 3 aliphatic rings. The molecule has 26 heavy (non-hydrogen) atoms. The lowest BCUT2D eigenvalue weighted by Crippen LogP contribution is -2.57. The Balaban J connectivity index is 1.37. The van der Waals surface area contributed by atoms with Gasteiger partial charge in [-0.1, -0.05) is 11.8 Å². The maximum atomic E-state index is 12.5. The highest BCUT2D eigenvalue weighted by molar-refractivity contribution is 7.99. The van der Waals surface area contributed by atoms with Crippen molar-refractivity contribution in [3.63, 3.8) is 0 Å². The Bertz CT molecular complexity index is 810. The van der Waals surface area contributed by atoms with Crippen LogP contribution in [0.3, 0.4) is 0 Å². The van der Waals surface area contributed by atoms with Crippen molar-refractivity contribution in [3.05, 3.63) is 41.9 Å². The third-order valence-electron chi connectivity index (χ3n) is 5.09. The highest BCUT2D eigenvalue weighted by Crippen LogP contribution is 2.29. The van der Waals surface area contributed by atoms with Gasteiger partial charge >= 0.3 is 0 Å². The van der Waals surface area contributed by atoms with Crippen LogP contribution in [-0.4, -0.2) is 47.3 Å². The summed E-state index contributed by atoms with van der Waals surface area (Å²) < 4.78 is 5.37. The number of benzene rings is 1. The highest BCUT2D eigenvalue weighted by atomic mass is 32.2. The number of hydrogen-bond donors (Lipinski definition) is 1. The average molecular weight is 371 g/mol. The lowest BCUT2D eigenvalue weighted by molar-refractivity contribution is 0.0620. The van der Waals surface area contributed by atoms with Crippen molar-refractivity contribution in [2.24, 2.45) is 5.92 Å². The van der Waals surface area contributed by atoms with Gasteiger partial charge in [0.05, 0.1) is 6.20 Å². The third kappa shape index (κ3) is 3.68. The molecule has 0 spiro atoms. The lowest BCUT2D eigenvalue weighted by atomic mass is 9.84. The van der Waals surface area contributed by atoms with Gasteiger partial charge in [-0.15, -0.1) is 0 Å². The Kier molecular flexibility index (Phi) is 4.82. The van der Waals surface area contributed by atoms with Crippen molar-refractivity contribution < 1.29 is 14.0 Å². The molecule has 4 heterocycles. The third-order valence-corrected chi connectivity index (χ3v) is 5.99. The smallest absolute Gasteiger partial charge is 0.263 e. The van der Waals surface area contributed by atoms with Gasteiger partial charge in [-0.2, -0.15) is 0 Å². The molecule has 0 saturated carbocycles. The van der Waals surface area contributed by atoms with Crippen molar-refractivity contribution in [3.8, 4) is 0 Å². The summed E-state index contributed by atoms with van der Waals surface area (Å²) in [7, 11) is 0. The second kappa shape index (κ2) is 7.25. The first-order valence-electron chi connectivity index (χ1n) is 8.86. The Labute approximate surface area is 156 Å². The molecule has 136 valence electrons. The first-order chi connectivity index (χ1) is 12.6. The van der Waals surface area contributed by atoms with Crippen LogP contribution >= 0.6 is 11.8 Å². The number of carbonyl (C=O) groups excluding carboxylic acids is 2. The van der Waals surface area contributed by atoms with Crippen LogP contribution in [0.2, 0.25) is 0 Å². The monoisotopic (exact) mass is 371 g/mol. The van der Waals surface area contributed by atoms with E-state index in [-0.39, 0.29) is 23.6 Å². The summed E-state index contributed by atoms with van der Waals surface area (Å²) in [5, 5.41) is 3.75. The van der Waals surface area contributed by atoms with Crippen molar-refractivity contribution in [1.29, 1.82) is 0 Å². The van der Waals surface area contributed by atoms with Crippen LogP contribution in [0.15, 0.2) is 44.9 Å². The van der Waals surface area contributed by atoms with Crippen LogP contribution in [0.4, 0.5) is 0 Å². The highest BCUT2D eigenvalue weighted by Gasteiger charge is 2.34. The molecule has 7 heteroatoms. The summed E-state index contributed by atoms with van der Waals surface area (Å²) in [5.41, 5.74) is 0.660. The van der Waals surface area contributed by atoms with Gasteiger partial charge < -0.3 is 14.6 Å². The Morgan fingerprint density at radius 1 is 1.23 bits per heavy atom. The van der Waals surface area contributed by atoms with Crippen LogP contribution in [0.25, 0.3) is 0 Å². The molecule has 1 N–H and O–H groups in total. The molecule has 1 aromatic heterocycles. The number of nitrogens with one attached hydrogen (secondary N) is 1. The van der Waals surface area contributed by atoms with E-state index in [1.807, 2.05) is 24.3 Å². The number of oxazole rings is 1. The van der Waals surface area contributed by atoms with Gasteiger partial charge in [-0.05, 0) is 56.1 Å². The largest absolute Gasteiger partial charge is 0.427 e. The van der Waals surface area contributed by atoms with Crippen LogP contribution in [0, 0.1) is 5.92 Å². The normalized spacial score (nSPS) is 24.4. The molecule has 3 saturated heterocycles. The second-order valence-corrected chi connectivity index (χ2v) is 7.96. The SMILES string of the molecule is CC(=O)c1ncc(Sc2ccc(C(=O)NC3CN4CCC3CC4)cc2)o1. The first kappa shape index (κ1) is 17.3. The van der Waals surface area contributed by atoms with E-state index in [1.165, 1.54) is 37.7 Å². The fourth-order valence-electron chi connectivity index (χ4n) is 3.64. The summed E-state index contributed by atoms with van der Waals surface area (Å²) in [4.78, 5) is 31.1. The molecule has 6 nitrogen and oxygen atoms in total. The predicted molar refractivity (Wildman–Crippen MR) is 97.5 cm³/mol. The van der Waals surface area contributed by atoms with E-state index in [1.54, 1.807) is 0 Å². The molecule has 1 unspecified atom stereocenters. The van der Waals surface area contributed by atoms with Gasteiger partial charge in [-0.25, -0.2) is 4.98 Å². The molecular formula is C19H21N3O3S. The first-order valence-corrected chi connectivity index (χ1v) is 9.68. The summed E-state index contributed by atoms with van der Waals surface area (Å²) in [5.74, 6) is 0.511. The molecular weight excluding hydrogens is 350 g/mol. The molecule has 1 aromatic carbocycles. The molecule has 0 radical (unpaired) electrons. The van der Waals surface area contributed by atoms with E-state index >= 15 is 0 Å². The summed E-state index contributed by atoms with van der Waals surface area (Å²) in [6.07, 6.45) is 3.90. The number of ketones is 1. The zero-order valence-electron chi connectivity index (χ0n) is 14.6. The number of fused-ring (bicyclic) bond motifs is 3. The number of rotatable bonds is 5. The van der Waals surface area contributed by atoms with Crippen LogP contribution in [0.5, 0.6) is 0 Å². The maximum absolute atomic E-state index is 12.5. The van der Waals surface area contributed by atoms with Crippen molar-refractivity contribution in [1.82, 2.24) is 15.2 Å². The summed E-state index contributed by atoms with van der Waals surface area (Å²) >= 11 is 1.37. The van der Waals surface area contributed by atoms with Crippen LogP contribution in [0.1, 0.15) is 40.8 Å². The molecule has 1 amide bonds. The zero-order chi connectivity index (χ0) is 18.1. The lowest BCUT2D eigenvalue weighted by Gasteiger charge is -2.44. The predicted octanol–water partition coefficient (Wildman–Crippen LogP) is 2.85. The fraction of sp³-hybridized carbons (Fsp3) is 0.421. The number of carbonyl (C=O) groups is 2. The van der Waals surface area contributed by atoms with E-state index in [9.17, 15) is 9.59 Å². The Morgan fingerprint density at radius 2 is 1.96 bits per heavy atom. The van der Waals surface area contributed by atoms with Gasteiger partial charge in [-0.3, -0.25) is 9.59 Å². The molecule has 1 atom stereocenters. The summed E-state index contributed by atoms with van der Waals surface area (Å²) in [6.45, 7) is 4.71. The van der Waals surface area contributed by atoms with Crippen LogP contribution in [-0.2, 0) is 0 Å². The molecule has 2 aromatic rings. The van der Waals surface area contributed by atoms with Crippen molar-refractivity contribution >= 4 is 23.5 Å². The van der Waals surface area contributed by atoms with Crippen molar-refractivity contribution in [2.45, 2.75) is 35.8 Å². The van der Waals surface area contributed by atoms with Gasteiger partial charge in [0.25, 0.3) is 11.8 Å². The summed E-state index contributed by atoms with van der Waals surface area (Å²) in [6, 6.07) is 7.67. The molecule has 2 bridgehead atoms. The van der Waals surface area contributed by atoms with E-state index in [4.69, 9.17) is 4.42 Å². The maximum Gasteiger partial charge on any atom is 0.263 e. The van der Waals surface area contributed by atoms with Crippen molar-refractivity contribution in [2.75, 3.05) is 19.6 Å². The Morgan fingerprint density at radius 3 is 2.54 bits per heavy atom. The Hall–Kier alpha value is -2.12. The standard InChI is InChI=1S/C19H21N3O3S/c1-12(23)19-20-10-17(25-19)26-15-4-2-14(3-5-15)18(24)21-16-11-22-8-6-13(16)7-9-22/h2-5,10,13,16H,6-9,11H2,1H3,(H,21,24). The van der Waals surface area contributed by atoms with E-state index in [0.29, 0.717) is 16.6 Å². The van der Waals surface area contributed by atoms with Gasteiger partial charge in [0.2, 0.25) is 5.78 Å². The molecule has 3 aliphatic heterocycles. The second-order valence-electron chi connectivity index (χ2n) is 6.89. The molecule has 3 fully saturated rings. The van der Waals surface area contributed by atoms with E-state index < -0.39 is 0 Å². The fourth-order valence-corrected chi connectivity index (χ4v) is 4.37. The quantitative estimate of drug-likeness (QED) is 0.815. The number of hydrogen-bond acceptors (Lipinski definition) is 6. The molecule has 5 rings (SSSR count). The van der Waals surface area contributed by atoms with Gasteiger partial charge in [0.15, 0.2) is 5.09 Å². The van der Waals surface area contributed by atoms with E-state index in [2.05, 4.69) is 15.2 Å². The number of nitrogens with zero attached hydrogens (tertiary/aromatic N) is 2. The minimum absolute atomic E-state index is 0.0150. The number of Topliss-reactive ketones (excluding diaryl/α,β-unsaturated/α-hetero) is 1. The topological polar surface area (TPSA) is 75.4 Å². The number of amides is 1. The minimum atomic E-state index is -0.198. The van der Waals surface area contributed by atoms with Crippen LogP contribution < -0.4 is 5.32 Å².